The minimum absolute atomic E-state index is 0.250. The second-order valence-corrected chi connectivity index (χ2v) is 6.20. The van der Waals surface area contributed by atoms with E-state index in [0.717, 1.165) is 39.0 Å². The molecule has 4 nitrogen and oxygen atoms in total. The van der Waals surface area contributed by atoms with Crippen LogP contribution in [0.5, 0.6) is 0 Å². The molecule has 0 spiro atoms. The van der Waals surface area contributed by atoms with Gasteiger partial charge in [-0.15, -0.1) is 0 Å². The van der Waals surface area contributed by atoms with Crippen molar-refractivity contribution >= 4 is 0 Å². The predicted octanol–water partition coefficient (Wildman–Crippen LogP) is 2.33. The van der Waals surface area contributed by atoms with Crippen molar-refractivity contribution in [2.75, 3.05) is 26.2 Å². The second-order valence-electron chi connectivity index (χ2n) is 6.20. The van der Waals surface area contributed by atoms with Crippen molar-refractivity contribution in [3.63, 3.8) is 0 Å². The monoisotopic (exact) mass is 284 g/mol. The Morgan fingerprint density at radius 1 is 0.700 bits per heavy atom. The first-order valence-electron chi connectivity index (χ1n) is 8.68. The van der Waals surface area contributed by atoms with Crippen LogP contribution in [0.15, 0.2) is 0 Å². The van der Waals surface area contributed by atoms with Crippen molar-refractivity contribution in [1.29, 1.82) is 0 Å². The number of nitrogens with zero attached hydrogens (tertiary/aromatic N) is 2. The van der Waals surface area contributed by atoms with Crippen LogP contribution in [0.1, 0.15) is 65.2 Å². The van der Waals surface area contributed by atoms with Crippen LogP contribution in [0.2, 0.25) is 0 Å². The molecule has 0 aromatic heterocycles. The topological polar surface area (TPSA) is 58.5 Å². The van der Waals surface area contributed by atoms with Gasteiger partial charge in [-0.25, -0.2) is 0 Å². The Morgan fingerprint density at radius 2 is 1.05 bits per heavy atom. The van der Waals surface area contributed by atoms with Crippen LogP contribution in [0.25, 0.3) is 0 Å². The van der Waals surface area contributed by atoms with Crippen LogP contribution in [-0.4, -0.2) is 48.3 Å². The molecule has 0 amide bonds. The summed E-state index contributed by atoms with van der Waals surface area (Å²) < 4.78 is 0. The summed E-state index contributed by atoms with van der Waals surface area (Å²) in [4.78, 5) is 4.87. The summed E-state index contributed by atoms with van der Waals surface area (Å²) in [7, 11) is 0. The molecule has 0 aromatic rings. The highest BCUT2D eigenvalue weighted by Crippen LogP contribution is 2.12. The molecule has 0 radical (unpaired) electrons. The third kappa shape index (κ3) is 6.53. The number of unbranched alkanes of at least 4 members (excludes halogenated alkanes) is 4. The number of hydrogen-bond donors (Lipinski definition) is 2. The Labute approximate surface area is 125 Å². The first kappa shape index (κ1) is 17.9. The fourth-order valence-electron chi connectivity index (χ4n) is 2.97. The van der Waals surface area contributed by atoms with Gasteiger partial charge in [-0.3, -0.25) is 9.80 Å². The molecule has 1 aliphatic heterocycles. The van der Waals surface area contributed by atoms with E-state index in [-0.39, 0.29) is 12.3 Å². The standard InChI is InChI=1S/C16H36N4/c1-3-5-7-9-15(17)19-11-13-20(14-12-19)16(18)10-8-6-4-2/h15-16H,3-14,17-18H2,1-2H3. The fraction of sp³-hybridized carbons (Fsp3) is 1.00. The SMILES string of the molecule is CCCCCC(N)N1CCN(C(N)CCCCC)CC1. The van der Waals surface area contributed by atoms with Gasteiger partial charge >= 0.3 is 0 Å². The molecule has 2 atom stereocenters. The van der Waals surface area contributed by atoms with Gasteiger partial charge in [-0.1, -0.05) is 52.4 Å². The van der Waals surface area contributed by atoms with Crippen LogP contribution in [-0.2, 0) is 0 Å². The van der Waals surface area contributed by atoms with Crippen molar-refractivity contribution in [2.24, 2.45) is 11.5 Å². The summed E-state index contributed by atoms with van der Waals surface area (Å²) >= 11 is 0. The third-order valence-corrected chi connectivity index (χ3v) is 4.49. The third-order valence-electron chi connectivity index (χ3n) is 4.49. The first-order valence-corrected chi connectivity index (χ1v) is 8.68. The summed E-state index contributed by atoms with van der Waals surface area (Å²) in [6, 6.07) is 0. The van der Waals surface area contributed by atoms with E-state index in [2.05, 4.69) is 23.6 Å². The second kappa shape index (κ2) is 10.6. The van der Waals surface area contributed by atoms with Crippen LogP contribution < -0.4 is 11.5 Å². The van der Waals surface area contributed by atoms with Crippen LogP contribution in [0, 0.1) is 0 Å². The maximum Gasteiger partial charge on any atom is 0.0572 e. The van der Waals surface area contributed by atoms with E-state index < -0.39 is 0 Å². The molecular weight excluding hydrogens is 248 g/mol. The van der Waals surface area contributed by atoms with Crippen molar-refractivity contribution in [2.45, 2.75) is 77.5 Å². The number of hydrogen-bond acceptors (Lipinski definition) is 4. The fourth-order valence-corrected chi connectivity index (χ4v) is 2.97. The largest absolute Gasteiger partial charge is 0.316 e. The zero-order chi connectivity index (χ0) is 14.8. The molecule has 0 aliphatic carbocycles. The zero-order valence-electron chi connectivity index (χ0n) is 13.7. The summed E-state index contributed by atoms with van der Waals surface area (Å²) in [5, 5.41) is 0. The minimum atomic E-state index is 0.250. The first-order chi connectivity index (χ1) is 9.69. The van der Waals surface area contributed by atoms with Crippen molar-refractivity contribution < 1.29 is 0 Å². The highest BCUT2D eigenvalue weighted by Gasteiger charge is 2.23. The average molecular weight is 284 g/mol. The van der Waals surface area contributed by atoms with E-state index in [4.69, 9.17) is 11.5 Å². The van der Waals surface area contributed by atoms with Crippen LogP contribution >= 0.6 is 0 Å². The van der Waals surface area contributed by atoms with Gasteiger partial charge in [0.25, 0.3) is 0 Å². The van der Waals surface area contributed by atoms with Gasteiger partial charge < -0.3 is 11.5 Å². The molecule has 1 rings (SSSR count). The predicted molar refractivity (Wildman–Crippen MR) is 87.4 cm³/mol. The number of piperazine rings is 1. The lowest BCUT2D eigenvalue weighted by molar-refractivity contribution is 0.0650. The van der Waals surface area contributed by atoms with Crippen molar-refractivity contribution in [1.82, 2.24) is 9.80 Å². The van der Waals surface area contributed by atoms with Gasteiger partial charge in [-0.05, 0) is 12.8 Å². The Bertz CT molecular complexity index is 203. The number of rotatable bonds is 10. The van der Waals surface area contributed by atoms with E-state index >= 15 is 0 Å². The van der Waals surface area contributed by atoms with Crippen molar-refractivity contribution in [3.05, 3.63) is 0 Å². The lowest BCUT2D eigenvalue weighted by atomic mass is 10.1. The average Bonchev–Trinajstić information content (AvgIpc) is 2.47. The Kier molecular flexibility index (Phi) is 9.44. The molecule has 120 valence electrons. The summed E-state index contributed by atoms with van der Waals surface area (Å²) in [6.07, 6.45) is 10.4. The van der Waals surface area contributed by atoms with Crippen molar-refractivity contribution in [3.8, 4) is 0 Å². The normalized spacial score (nSPS) is 21.0. The number of nitrogens with two attached hydrogens (primary N) is 2. The van der Waals surface area contributed by atoms with E-state index in [0.29, 0.717) is 0 Å². The Balaban J connectivity index is 2.18. The van der Waals surface area contributed by atoms with E-state index in [1.54, 1.807) is 0 Å². The molecule has 0 bridgehead atoms. The zero-order valence-corrected chi connectivity index (χ0v) is 13.7. The van der Waals surface area contributed by atoms with Crippen LogP contribution in [0.4, 0.5) is 0 Å². The van der Waals surface area contributed by atoms with Gasteiger partial charge in [0.15, 0.2) is 0 Å². The van der Waals surface area contributed by atoms with Gasteiger partial charge in [-0.2, -0.15) is 0 Å². The molecule has 1 heterocycles. The molecule has 4 heteroatoms. The molecule has 20 heavy (non-hydrogen) atoms. The van der Waals surface area contributed by atoms with E-state index in [1.165, 1.54) is 38.5 Å². The van der Waals surface area contributed by atoms with E-state index in [1.807, 2.05) is 0 Å². The molecule has 1 aliphatic rings. The summed E-state index contributed by atoms with van der Waals surface area (Å²) in [6.45, 7) is 8.79. The molecule has 0 aromatic carbocycles. The van der Waals surface area contributed by atoms with Crippen LogP contribution in [0.3, 0.4) is 0 Å². The van der Waals surface area contributed by atoms with E-state index in [9.17, 15) is 0 Å². The molecule has 4 N–H and O–H groups in total. The molecule has 1 fully saturated rings. The Morgan fingerprint density at radius 3 is 1.35 bits per heavy atom. The molecular formula is C16H36N4. The Hall–Kier alpha value is -0.160. The lowest BCUT2D eigenvalue weighted by Crippen LogP contribution is -2.57. The molecule has 1 saturated heterocycles. The highest BCUT2D eigenvalue weighted by molar-refractivity contribution is 4.78. The molecule has 2 unspecified atom stereocenters. The summed E-state index contributed by atoms with van der Waals surface area (Å²) in [5.74, 6) is 0. The minimum Gasteiger partial charge on any atom is -0.316 e. The van der Waals surface area contributed by atoms with Gasteiger partial charge in [0.1, 0.15) is 0 Å². The molecule has 0 saturated carbocycles. The smallest absolute Gasteiger partial charge is 0.0572 e. The quantitative estimate of drug-likeness (QED) is 0.605. The maximum atomic E-state index is 6.29. The lowest BCUT2D eigenvalue weighted by Gasteiger charge is -2.40. The van der Waals surface area contributed by atoms with Gasteiger partial charge in [0, 0.05) is 26.2 Å². The highest BCUT2D eigenvalue weighted by atomic mass is 15.3. The van der Waals surface area contributed by atoms with Gasteiger partial charge in [0.2, 0.25) is 0 Å². The van der Waals surface area contributed by atoms with Gasteiger partial charge in [0.05, 0.1) is 12.3 Å². The summed E-state index contributed by atoms with van der Waals surface area (Å²) in [5.41, 5.74) is 12.6. The maximum absolute atomic E-state index is 6.29.